The third kappa shape index (κ3) is 2.55. The standard InChI is InChI=1S/C12H12ClN3/c1-2-9-3-4-10(16-8-9)7-11-12(13)15-6-5-14-11/h3-6,8H,2,7H2,1H3. The molecule has 0 aromatic carbocycles. The maximum Gasteiger partial charge on any atom is 0.150 e. The molecule has 0 amide bonds. The maximum absolute atomic E-state index is 5.93. The van der Waals surface area contributed by atoms with Crippen molar-refractivity contribution in [2.75, 3.05) is 0 Å². The lowest BCUT2D eigenvalue weighted by Crippen LogP contribution is -1.97. The summed E-state index contributed by atoms with van der Waals surface area (Å²) < 4.78 is 0. The fourth-order valence-electron chi connectivity index (χ4n) is 1.41. The molecule has 0 atom stereocenters. The molecule has 0 aliphatic rings. The van der Waals surface area contributed by atoms with Gasteiger partial charge in [0.1, 0.15) is 0 Å². The van der Waals surface area contributed by atoms with Gasteiger partial charge in [0.25, 0.3) is 0 Å². The molecule has 0 aliphatic carbocycles. The first-order chi connectivity index (χ1) is 7.79. The first-order valence-electron chi connectivity index (χ1n) is 5.18. The van der Waals surface area contributed by atoms with Gasteiger partial charge in [-0.25, -0.2) is 4.98 Å². The average Bonchev–Trinajstić information content (AvgIpc) is 2.33. The second-order valence-corrected chi connectivity index (χ2v) is 3.84. The molecule has 2 aromatic heterocycles. The third-order valence-corrected chi connectivity index (χ3v) is 2.68. The summed E-state index contributed by atoms with van der Waals surface area (Å²) >= 11 is 5.93. The van der Waals surface area contributed by atoms with Crippen molar-refractivity contribution in [3.8, 4) is 0 Å². The van der Waals surface area contributed by atoms with E-state index in [2.05, 4.69) is 27.9 Å². The van der Waals surface area contributed by atoms with Crippen molar-refractivity contribution in [1.82, 2.24) is 15.0 Å². The van der Waals surface area contributed by atoms with Crippen molar-refractivity contribution in [2.24, 2.45) is 0 Å². The Kier molecular flexibility index (Phi) is 3.47. The summed E-state index contributed by atoms with van der Waals surface area (Å²) in [6, 6.07) is 4.08. The second-order valence-electron chi connectivity index (χ2n) is 3.48. The Morgan fingerprint density at radius 1 is 1.12 bits per heavy atom. The minimum atomic E-state index is 0.448. The van der Waals surface area contributed by atoms with Crippen LogP contribution in [0.1, 0.15) is 23.9 Å². The number of aryl methyl sites for hydroxylation is 1. The zero-order valence-electron chi connectivity index (χ0n) is 9.02. The zero-order chi connectivity index (χ0) is 11.4. The van der Waals surface area contributed by atoms with Gasteiger partial charge < -0.3 is 0 Å². The van der Waals surface area contributed by atoms with Crippen LogP contribution >= 0.6 is 11.6 Å². The normalized spacial score (nSPS) is 10.4. The first kappa shape index (κ1) is 11.0. The number of halogens is 1. The number of hydrogen-bond acceptors (Lipinski definition) is 3. The van der Waals surface area contributed by atoms with Gasteiger partial charge in [0, 0.05) is 30.7 Å². The van der Waals surface area contributed by atoms with Crippen molar-refractivity contribution in [3.63, 3.8) is 0 Å². The minimum Gasteiger partial charge on any atom is -0.261 e. The van der Waals surface area contributed by atoms with Gasteiger partial charge in [-0.15, -0.1) is 0 Å². The molecular weight excluding hydrogens is 222 g/mol. The van der Waals surface area contributed by atoms with Gasteiger partial charge in [0.05, 0.1) is 5.69 Å². The quantitative estimate of drug-likeness (QED) is 0.818. The summed E-state index contributed by atoms with van der Waals surface area (Å²) in [5.41, 5.74) is 2.95. The molecule has 0 fully saturated rings. The van der Waals surface area contributed by atoms with E-state index in [1.54, 1.807) is 12.4 Å². The van der Waals surface area contributed by atoms with Crippen LogP contribution in [0.4, 0.5) is 0 Å². The van der Waals surface area contributed by atoms with E-state index in [1.807, 2.05) is 12.3 Å². The van der Waals surface area contributed by atoms with Crippen LogP contribution in [-0.4, -0.2) is 15.0 Å². The van der Waals surface area contributed by atoms with Crippen molar-refractivity contribution < 1.29 is 0 Å². The van der Waals surface area contributed by atoms with Gasteiger partial charge in [0.15, 0.2) is 5.15 Å². The molecule has 2 aromatic rings. The van der Waals surface area contributed by atoms with Gasteiger partial charge >= 0.3 is 0 Å². The fourth-order valence-corrected chi connectivity index (χ4v) is 1.58. The lowest BCUT2D eigenvalue weighted by molar-refractivity contribution is 0.973. The van der Waals surface area contributed by atoms with Crippen LogP contribution in [0.2, 0.25) is 5.15 Å². The highest BCUT2D eigenvalue weighted by Crippen LogP contribution is 2.13. The Morgan fingerprint density at radius 3 is 2.56 bits per heavy atom. The van der Waals surface area contributed by atoms with Gasteiger partial charge in [-0.05, 0) is 18.1 Å². The summed E-state index contributed by atoms with van der Waals surface area (Å²) in [6.07, 6.45) is 6.73. The Hall–Kier alpha value is -1.48. The van der Waals surface area contributed by atoms with Crippen LogP contribution in [0.5, 0.6) is 0 Å². The molecule has 82 valence electrons. The molecule has 0 N–H and O–H groups in total. The molecule has 0 unspecified atom stereocenters. The minimum absolute atomic E-state index is 0.448. The molecule has 2 heterocycles. The van der Waals surface area contributed by atoms with E-state index in [-0.39, 0.29) is 0 Å². The number of hydrogen-bond donors (Lipinski definition) is 0. The van der Waals surface area contributed by atoms with Crippen molar-refractivity contribution in [3.05, 3.63) is 52.8 Å². The molecule has 0 spiro atoms. The average molecular weight is 234 g/mol. The monoisotopic (exact) mass is 233 g/mol. The lowest BCUT2D eigenvalue weighted by atomic mass is 10.1. The number of rotatable bonds is 3. The van der Waals surface area contributed by atoms with Gasteiger partial charge in [-0.3, -0.25) is 9.97 Å². The molecular formula is C12H12ClN3. The SMILES string of the molecule is CCc1ccc(Cc2nccnc2Cl)nc1. The van der Waals surface area contributed by atoms with Crippen LogP contribution in [-0.2, 0) is 12.8 Å². The molecule has 0 aliphatic heterocycles. The van der Waals surface area contributed by atoms with E-state index in [4.69, 9.17) is 11.6 Å². The molecule has 0 bridgehead atoms. The van der Waals surface area contributed by atoms with E-state index in [1.165, 1.54) is 5.56 Å². The largest absolute Gasteiger partial charge is 0.261 e. The van der Waals surface area contributed by atoms with Gasteiger partial charge in [-0.1, -0.05) is 24.6 Å². The second kappa shape index (κ2) is 5.03. The summed E-state index contributed by atoms with van der Waals surface area (Å²) in [7, 11) is 0. The predicted molar refractivity (Wildman–Crippen MR) is 63.5 cm³/mol. The lowest BCUT2D eigenvalue weighted by Gasteiger charge is -2.02. The molecule has 0 saturated heterocycles. The van der Waals surface area contributed by atoms with Crippen LogP contribution < -0.4 is 0 Å². The highest BCUT2D eigenvalue weighted by atomic mass is 35.5. The van der Waals surface area contributed by atoms with Crippen molar-refractivity contribution in [2.45, 2.75) is 19.8 Å². The summed E-state index contributed by atoms with van der Waals surface area (Å²) in [6.45, 7) is 2.11. The number of nitrogens with zero attached hydrogens (tertiary/aromatic N) is 3. The van der Waals surface area contributed by atoms with Crippen LogP contribution in [0, 0.1) is 0 Å². The summed E-state index contributed by atoms with van der Waals surface area (Å²) in [5.74, 6) is 0. The third-order valence-electron chi connectivity index (χ3n) is 2.37. The van der Waals surface area contributed by atoms with Crippen LogP contribution in [0.15, 0.2) is 30.7 Å². The summed E-state index contributed by atoms with van der Waals surface area (Å²) in [4.78, 5) is 12.5. The van der Waals surface area contributed by atoms with E-state index in [0.717, 1.165) is 17.8 Å². The fraction of sp³-hybridized carbons (Fsp3) is 0.250. The Labute approximate surface area is 99.5 Å². The molecule has 0 saturated carbocycles. The maximum atomic E-state index is 5.93. The van der Waals surface area contributed by atoms with Gasteiger partial charge in [0.2, 0.25) is 0 Å². The molecule has 2 rings (SSSR count). The van der Waals surface area contributed by atoms with Gasteiger partial charge in [-0.2, -0.15) is 0 Å². The molecule has 0 radical (unpaired) electrons. The van der Waals surface area contributed by atoms with Crippen molar-refractivity contribution >= 4 is 11.6 Å². The topological polar surface area (TPSA) is 38.7 Å². The molecule has 16 heavy (non-hydrogen) atoms. The Morgan fingerprint density at radius 2 is 1.94 bits per heavy atom. The Bertz CT molecular complexity index is 468. The summed E-state index contributed by atoms with van der Waals surface area (Å²) in [5, 5.41) is 0.448. The predicted octanol–water partition coefficient (Wildman–Crippen LogP) is 2.68. The van der Waals surface area contributed by atoms with Crippen molar-refractivity contribution in [1.29, 1.82) is 0 Å². The molecule has 4 heteroatoms. The van der Waals surface area contributed by atoms with E-state index in [0.29, 0.717) is 11.6 Å². The van der Waals surface area contributed by atoms with E-state index in [9.17, 15) is 0 Å². The smallest absolute Gasteiger partial charge is 0.150 e. The highest BCUT2D eigenvalue weighted by molar-refractivity contribution is 6.30. The first-order valence-corrected chi connectivity index (χ1v) is 5.56. The zero-order valence-corrected chi connectivity index (χ0v) is 9.78. The Balaban J connectivity index is 2.18. The number of aromatic nitrogens is 3. The van der Waals surface area contributed by atoms with E-state index < -0.39 is 0 Å². The van der Waals surface area contributed by atoms with Crippen LogP contribution in [0.25, 0.3) is 0 Å². The molecule has 3 nitrogen and oxygen atoms in total. The highest BCUT2D eigenvalue weighted by Gasteiger charge is 2.04. The van der Waals surface area contributed by atoms with Crippen LogP contribution in [0.3, 0.4) is 0 Å². The van der Waals surface area contributed by atoms with E-state index >= 15 is 0 Å². The number of pyridine rings is 1.